The Hall–Kier alpha value is -0.460. The Balaban J connectivity index is 5.61. The third kappa shape index (κ3) is 3.23. The van der Waals surface area contributed by atoms with Crippen LogP contribution in [0.25, 0.3) is 0 Å². The average molecular weight is 308 g/mol. The van der Waals surface area contributed by atoms with E-state index >= 15 is 0 Å². The van der Waals surface area contributed by atoms with E-state index in [1.807, 2.05) is 0 Å². The van der Waals surface area contributed by atoms with E-state index in [0.717, 1.165) is 27.7 Å². The van der Waals surface area contributed by atoms with Crippen LogP contribution in [0.1, 0.15) is 54.4 Å². The van der Waals surface area contributed by atoms with Gasteiger partial charge in [-0.15, -0.1) is 0 Å². The summed E-state index contributed by atoms with van der Waals surface area (Å²) in [4.78, 5) is 0. The summed E-state index contributed by atoms with van der Waals surface area (Å²) in [7, 11) is 0. The van der Waals surface area contributed by atoms with Gasteiger partial charge in [-0.1, -0.05) is 27.7 Å². The molecule has 0 spiro atoms. The van der Waals surface area contributed by atoms with Gasteiger partial charge in [0, 0.05) is 5.41 Å². The third-order valence-electron chi connectivity index (χ3n) is 3.75. The smallest absolute Gasteiger partial charge is 0.309 e. The normalized spacial score (nSPS) is 15.6. The average Bonchev–Trinajstić information content (AvgIpc) is 2.26. The van der Waals surface area contributed by atoms with E-state index < -0.39 is 29.0 Å². The molecule has 0 radical (unpaired) electrons. The molecule has 0 fully saturated rings. The Morgan fingerprint density at radius 1 is 0.700 bits per heavy atom. The number of alkyl halides is 6. The highest BCUT2D eigenvalue weighted by molar-refractivity contribution is 5.00. The molecule has 0 bridgehead atoms. The van der Waals surface area contributed by atoms with Crippen LogP contribution in [0.4, 0.5) is 26.3 Å². The molecule has 0 saturated heterocycles. The molecule has 1 nitrogen and oxygen atoms in total. The molecule has 0 amide bonds. The van der Waals surface area contributed by atoms with E-state index in [2.05, 4.69) is 4.74 Å². The summed E-state index contributed by atoms with van der Waals surface area (Å²) < 4.78 is 86.3. The van der Waals surface area contributed by atoms with Gasteiger partial charge in [-0.25, -0.2) is 0 Å². The molecule has 0 unspecified atom stereocenters. The Kier molecular flexibility index (Phi) is 5.26. The van der Waals surface area contributed by atoms with Crippen molar-refractivity contribution in [3.8, 4) is 0 Å². The van der Waals surface area contributed by atoms with Gasteiger partial charge in [-0.05, 0) is 26.7 Å². The highest BCUT2D eigenvalue weighted by atomic mass is 19.3. The van der Waals surface area contributed by atoms with Crippen molar-refractivity contribution in [2.24, 2.45) is 5.41 Å². The zero-order chi connectivity index (χ0) is 16.6. The van der Waals surface area contributed by atoms with Crippen molar-refractivity contribution in [2.75, 3.05) is 0 Å². The molecule has 0 aliphatic heterocycles. The fraction of sp³-hybridized carbons (Fsp3) is 1.00. The molecule has 20 heavy (non-hydrogen) atoms. The van der Waals surface area contributed by atoms with Crippen molar-refractivity contribution in [1.82, 2.24) is 0 Å². The van der Waals surface area contributed by atoms with E-state index in [1.165, 1.54) is 13.8 Å². The van der Waals surface area contributed by atoms with Crippen molar-refractivity contribution >= 4 is 0 Å². The fourth-order valence-corrected chi connectivity index (χ4v) is 1.31. The lowest BCUT2D eigenvalue weighted by Gasteiger charge is -2.42. The van der Waals surface area contributed by atoms with Crippen molar-refractivity contribution in [3.05, 3.63) is 0 Å². The first kappa shape index (κ1) is 19.5. The SMILES string of the molecule is CCC(C)(C)OC(F)(F)C(F)(F)C(F)(F)C(C)(C)CC. The Morgan fingerprint density at radius 2 is 1.10 bits per heavy atom. The van der Waals surface area contributed by atoms with E-state index in [0.29, 0.717) is 0 Å². The standard InChI is InChI=1S/C13H22F6O/c1-7-9(3,4)11(14,15)12(16,17)13(18,19)20-10(5,6)8-2/h7-8H2,1-6H3. The summed E-state index contributed by atoms with van der Waals surface area (Å²) in [6.07, 6.45) is -5.67. The molecule has 0 N–H and O–H groups in total. The van der Waals surface area contributed by atoms with Gasteiger partial charge in [-0.3, -0.25) is 0 Å². The summed E-state index contributed by atoms with van der Waals surface area (Å²) >= 11 is 0. The Bertz CT molecular complexity index is 336. The number of ether oxygens (including phenoxy) is 1. The van der Waals surface area contributed by atoms with E-state index in [1.54, 1.807) is 0 Å². The van der Waals surface area contributed by atoms with Crippen LogP contribution in [0, 0.1) is 5.41 Å². The summed E-state index contributed by atoms with van der Waals surface area (Å²) in [5.74, 6) is -10.5. The predicted molar refractivity (Wildman–Crippen MR) is 64.4 cm³/mol. The van der Waals surface area contributed by atoms with Crippen LogP contribution in [-0.4, -0.2) is 23.6 Å². The minimum atomic E-state index is -5.61. The van der Waals surface area contributed by atoms with Gasteiger partial charge in [0.05, 0.1) is 5.60 Å². The van der Waals surface area contributed by atoms with E-state index in [-0.39, 0.29) is 12.8 Å². The summed E-state index contributed by atoms with van der Waals surface area (Å²) in [5.41, 5.74) is -3.93. The molecular formula is C13H22F6O. The van der Waals surface area contributed by atoms with Crippen molar-refractivity contribution in [1.29, 1.82) is 0 Å². The second kappa shape index (κ2) is 5.39. The van der Waals surface area contributed by atoms with Gasteiger partial charge in [0.1, 0.15) is 0 Å². The van der Waals surface area contributed by atoms with Gasteiger partial charge in [-0.2, -0.15) is 26.3 Å². The van der Waals surface area contributed by atoms with Crippen LogP contribution in [-0.2, 0) is 4.74 Å². The molecule has 0 aromatic rings. The first-order chi connectivity index (χ1) is 8.58. The topological polar surface area (TPSA) is 9.23 Å². The molecule has 0 aromatic heterocycles. The van der Waals surface area contributed by atoms with Crippen LogP contribution in [0.3, 0.4) is 0 Å². The van der Waals surface area contributed by atoms with Gasteiger partial charge < -0.3 is 4.74 Å². The molecule has 7 heteroatoms. The van der Waals surface area contributed by atoms with Crippen molar-refractivity contribution in [3.63, 3.8) is 0 Å². The van der Waals surface area contributed by atoms with Crippen LogP contribution >= 0.6 is 0 Å². The van der Waals surface area contributed by atoms with Crippen LogP contribution in [0.5, 0.6) is 0 Å². The zero-order valence-corrected chi connectivity index (χ0v) is 12.6. The molecule has 0 atom stereocenters. The van der Waals surface area contributed by atoms with Gasteiger partial charge >= 0.3 is 18.0 Å². The first-order valence-corrected chi connectivity index (χ1v) is 6.41. The quantitative estimate of drug-likeness (QED) is 0.565. The fourth-order valence-electron chi connectivity index (χ4n) is 1.31. The molecular weight excluding hydrogens is 286 g/mol. The maximum atomic E-state index is 13.8. The monoisotopic (exact) mass is 308 g/mol. The molecule has 122 valence electrons. The number of hydrogen-bond acceptors (Lipinski definition) is 1. The van der Waals surface area contributed by atoms with Crippen LogP contribution < -0.4 is 0 Å². The van der Waals surface area contributed by atoms with E-state index in [9.17, 15) is 26.3 Å². The van der Waals surface area contributed by atoms with Crippen LogP contribution in [0.2, 0.25) is 0 Å². The molecule has 0 rings (SSSR count). The molecule has 0 aromatic carbocycles. The minimum absolute atomic E-state index is 0.0264. The first-order valence-electron chi connectivity index (χ1n) is 6.41. The molecule has 0 aliphatic carbocycles. The number of halogens is 6. The highest BCUT2D eigenvalue weighted by Gasteiger charge is 2.77. The summed E-state index contributed by atoms with van der Waals surface area (Å²) in [6.45, 7) is 6.59. The lowest BCUT2D eigenvalue weighted by Crippen LogP contribution is -2.62. The lowest BCUT2D eigenvalue weighted by molar-refractivity contribution is -0.432. The lowest BCUT2D eigenvalue weighted by atomic mass is 9.79. The van der Waals surface area contributed by atoms with E-state index in [4.69, 9.17) is 0 Å². The maximum absolute atomic E-state index is 13.8. The minimum Gasteiger partial charge on any atom is -0.309 e. The number of hydrogen-bond donors (Lipinski definition) is 0. The molecule has 0 aliphatic rings. The van der Waals surface area contributed by atoms with Gasteiger partial charge in [0.15, 0.2) is 0 Å². The zero-order valence-electron chi connectivity index (χ0n) is 12.6. The van der Waals surface area contributed by atoms with Gasteiger partial charge in [0.25, 0.3) is 0 Å². The highest BCUT2D eigenvalue weighted by Crippen LogP contribution is 2.55. The summed E-state index contributed by atoms with van der Waals surface area (Å²) in [6, 6.07) is 0. The van der Waals surface area contributed by atoms with Crippen molar-refractivity contribution < 1.29 is 31.1 Å². The molecule has 0 saturated carbocycles. The van der Waals surface area contributed by atoms with Gasteiger partial charge in [0.2, 0.25) is 0 Å². The largest absolute Gasteiger partial charge is 0.426 e. The Morgan fingerprint density at radius 3 is 1.40 bits per heavy atom. The van der Waals surface area contributed by atoms with Crippen LogP contribution in [0.15, 0.2) is 0 Å². The van der Waals surface area contributed by atoms with Crippen molar-refractivity contribution in [2.45, 2.75) is 77.9 Å². The second-order valence-corrected chi connectivity index (χ2v) is 6.12. The molecule has 0 heterocycles. The summed E-state index contributed by atoms with van der Waals surface area (Å²) in [5, 5.41) is 0. The predicted octanol–water partition coefficient (Wildman–Crippen LogP) is 5.49. The Labute approximate surface area is 115 Å². The number of rotatable bonds is 7. The maximum Gasteiger partial charge on any atom is 0.426 e. The second-order valence-electron chi connectivity index (χ2n) is 6.12. The third-order valence-corrected chi connectivity index (χ3v) is 3.75.